The third-order valence-electron chi connectivity index (χ3n) is 1.98. The molecule has 1 unspecified atom stereocenters. The Balaban J connectivity index is 3.74. The van der Waals surface area contributed by atoms with E-state index in [4.69, 9.17) is 5.73 Å². The van der Waals surface area contributed by atoms with Gasteiger partial charge in [0.05, 0.1) is 11.8 Å². The van der Waals surface area contributed by atoms with E-state index in [-0.39, 0.29) is 18.2 Å². The van der Waals surface area contributed by atoms with Crippen LogP contribution in [0.1, 0.15) is 26.2 Å². The van der Waals surface area contributed by atoms with Crippen molar-refractivity contribution in [1.82, 2.24) is 5.32 Å². The third-order valence-corrected chi connectivity index (χ3v) is 2.92. The van der Waals surface area contributed by atoms with Crippen LogP contribution < -0.4 is 11.1 Å². The van der Waals surface area contributed by atoms with Gasteiger partial charge in [0, 0.05) is 12.8 Å². The van der Waals surface area contributed by atoms with Crippen molar-refractivity contribution in [1.29, 1.82) is 0 Å². The van der Waals surface area contributed by atoms with Gasteiger partial charge >= 0.3 is 0 Å². The molecule has 90 valence electrons. The average molecular weight is 236 g/mol. The average Bonchev–Trinajstić information content (AvgIpc) is 2.11. The summed E-state index contributed by atoms with van der Waals surface area (Å²) in [7, 11) is -3.02. The van der Waals surface area contributed by atoms with Crippen LogP contribution in [-0.4, -0.2) is 38.9 Å². The minimum Gasteiger partial charge on any atom is -0.354 e. The van der Waals surface area contributed by atoms with Crippen LogP contribution in [0.4, 0.5) is 0 Å². The molecule has 0 heterocycles. The lowest BCUT2D eigenvalue weighted by molar-refractivity contribution is -0.122. The summed E-state index contributed by atoms with van der Waals surface area (Å²) in [6.07, 6.45) is 3.67. The van der Waals surface area contributed by atoms with Crippen LogP contribution in [-0.2, 0) is 14.6 Å². The lowest BCUT2D eigenvalue weighted by atomic mass is 10.1. The Bertz CT molecular complexity index is 288. The normalized spacial score (nSPS) is 13.5. The second kappa shape index (κ2) is 6.79. The van der Waals surface area contributed by atoms with Gasteiger partial charge in [-0.15, -0.1) is 0 Å². The summed E-state index contributed by atoms with van der Waals surface area (Å²) in [5, 5.41) is 2.50. The Morgan fingerprint density at radius 2 is 2.07 bits per heavy atom. The van der Waals surface area contributed by atoms with E-state index in [1.807, 2.05) is 6.92 Å². The van der Waals surface area contributed by atoms with E-state index < -0.39 is 15.9 Å². The van der Waals surface area contributed by atoms with E-state index in [1.165, 1.54) is 0 Å². The molecule has 5 nitrogen and oxygen atoms in total. The first-order valence-corrected chi connectivity index (χ1v) is 7.14. The number of unbranched alkanes of at least 4 members (excludes halogenated alkanes) is 1. The lowest BCUT2D eigenvalue weighted by Crippen LogP contribution is -2.42. The zero-order valence-electron chi connectivity index (χ0n) is 9.32. The summed E-state index contributed by atoms with van der Waals surface area (Å²) in [6.45, 7) is 2.16. The van der Waals surface area contributed by atoms with Gasteiger partial charge in [0.25, 0.3) is 0 Å². The number of sulfone groups is 1. The van der Waals surface area contributed by atoms with E-state index in [9.17, 15) is 13.2 Å². The molecule has 0 aliphatic rings. The summed E-state index contributed by atoms with van der Waals surface area (Å²) < 4.78 is 21.5. The molecule has 0 aliphatic carbocycles. The number of carbonyl (C=O) groups is 1. The van der Waals surface area contributed by atoms with Crippen LogP contribution >= 0.6 is 0 Å². The Morgan fingerprint density at radius 1 is 1.47 bits per heavy atom. The maximum atomic E-state index is 11.3. The van der Waals surface area contributed by atoms with Gasteiger partial charge in [0.2, 0.25) is 5.91 Å². The number of hydrogen-bond acceptors (Lipinski definition) is 4. The Labute approximate surface area is 91.3 Å². The van der Waals surface area contributed by atoms with Crippen LogP contribution in [0.5, 0.6) is 0 Å². The Morgan fingerprint density at radius 3 is 2.53 bits per heavy atom. The number of amides is 1. The van der Waals surface area contributed by atoms with Crippen LogP contribution in [0.3, 0.4) is 0 Å². The molecule has 1 atom stereocenters. The highest BCUT2D eigenvalue weighted by Gasteiger charge is 2.12. The molecule has 0 radical (unpaired) electrons. The zero-order chi connectivity index (χ0) is 11.9. The van der Waals surface area contributed by atoms with Crippen molar-refractivity contribution in [3.05, 3.63) is 0 Å². The topological polar surface area (TPSA) is 89.3 Å². The summed E-state index contributed by atoms with van der Waals surface area (Å²) in [6, 6.07) is -0.524. The fourth-order valence-electron chi connectivity index (χ4n) is 1.05. The van der Waals surface area contributed by atoms with E-state index in [0.29, 0.717) is 6.42 Å². The van der Waals surface area contributed by atoms with Gasteiger partial charge in [-0.05, 0) is 6.42 Å². The predicted octanol–water partition coefficient (Wildman–Crippen LogP) is -0.335. The van der Waals surface area contributed by atoms with Crippen molar-refractivity contribution in [3.8, 4) is 0 Å². The summed E-state index contributed by atoms with van der Waals surface area (Å²) in [5.74, 6) is -0.314. The van der Waals surface area contributed by atoms with Crippen molar-refractivity contribution < 1.29 is 13.2 Å². The quantitative estimate of drug-likeness (QED) is 0.633. The molecule has 0 saturated carbocycles. The van der Waals surface area contributed by atoms with Crippen molar-refractivity contribution in [2.75, 3.05) is 18.6 Å². The molecule has 6 heteroatoms. The van der Waals surface area contributed by atoms with Crippen LogP contribution in [0.15, 0.2) is 0 Å². The highest BCUT2D eigenvalue weighted by Crippen LogP contribution is 1.97. The molecule has 0 spiro atoms. The van der Waals surface area contributed by atoms with Crippen molar-refractivity contribution in [3.63, 3.8) is 0 Å². The first kappa shape index (κ1) is 14.4. The molecular weight excluding hydrogens is 216 g/mol. The molecular formula is C9H20N2O3S. The van der Waals surface area contributed by atoms with Crippen LogP contribution in [0.2, 0.25) is 0 Å². The molecule has 1 amide bonds. The van der Waals surface area contributed by atoms with Gasteiger partial charge in [-0.3, -0.25) is 4.79 Å². The minimum atomic E-state index is -3.02. The van der Waals surface area contributed by atoms with E-state index >= 15 is 0 Å². The molecule has 0 rings (SSSR count). The monoisotopic (exact) mass is 236 g/mol. The number of carbonyl (C=O) groups excluding carboxylic acids is 1. The number of hydrogen-bond donors (Lipinski definition) is 2. The van der Waals surface area contributed by atoms with Gasteiger partial charge < -0.3 is 11.1 Å². The molecule has 15 heavy (non-hydrogen) atoms. The molecule has 0 bridgehead atoms. The van der Waals surface area contributed by atoms with Gasteiger partial charge in [0.1, 0.15) is 9.84 Å². The molecule has 3 N–H and O–H groups in total. The van der Waals surface area contributed by atoms with E-state index in [2.05, 4.69) is 5.32 Å². The maximum absolute atomic E-state index is 11.3. The second-order valence-electron chi connectivity index (χ2n) is 3.67. The largest absolute Gasteiger partial charge is 0.354 e. The molecule has 0 aromatic heterocycles. The van der Waals surface area contributed by atoms with E-state index in [1.54, 1.807) is 0 Å². The van der Waals surface area contributed by atoms with E-state index in [0.717, 1.165) is 19.1 Å². The fraction of sp³-hybridized carbons (Fsp3) is 0.889. The van der Waals surface area contributed by atoms with Crippen molar-refractivity contribution in [2.24, 2.45) is 5.73 Å². The molecule has 0 fully saturated rings. The number of nitrogens with two attached hydrogens (primary N) is 1. The Kier molecular flexibility index (Phi) is 6.51. The standard InChI is InChI=1S/C9H20N2O3S/c1-3-4-5-8(10)9(12)11-6-7-15(2,13)14/h8H,3-7,10H2,1-2H3,(H,11,12). The molecule has 0 saturated heterocycles. The summed E-state index contributed by atoms with van der Waals surface area (Å²) in [5.41, 5.74) is 5.59. The summed E-state index contributed by atoms with van der Waals surface area (Å²) >= 11 is 0. The highest BCUT2D eigenvalue weighted by molar-refractivity contribution is 7.90. The van der Waals surface area contributed by atoms with Crippen LogP contribution in [0.25, 0.3) is 0 Å². The molecule has 0 aromatic carbocycles. The van der Waals surface area contributed by atoms with Gasteiger partial charge in [-0.25, -0.2) is 8.42 Å². The van der Waals surface area contributed by atoms with Crippen LogP contribution in [0, 0.1) is 0 Å². The highest BCUT2D eigenvalue weighted by atomic mass is 32.2. The maximum Gasteiger partial charge on any atom is 0.236 e. The van der Waals surface area contributed by atoms with Crippen molar-refractivity contribution >= 4 is 15.7 Å². The molecule has 0 aromatic rings. The fourth-order valence-corrected chi connectivity index (χ4v) is 1.52. The molecule has 0 aliphatic heterocycles. The van der Waals surface area contributed by atoms with Crippen molar-refractivity contribution in [2.45, 2.75) is 32.2 Å². The first-order chi connectivity index (χ1) is 6.87. The second-order valence-corrected chi connectivity index (χ2v) is 5.93. The first-order valence-electron chi connectivity index (χ1n) is 5.08. The predicted molar refractivity (Wildman–Crippen MR) is 60.2 cm³/mol. The smallest absolute Gasteiger partial charge is 0.236 e. The minimum absolute atomic E-state index is 0.0424. The number of nitrogens with one attached hydrogen (secondary N) is 1. The van der Waals surface area contributed by atoms with Gasteiger partial charge in [0.15, 0.2) is 0 Å². The third kappa shape index (κ3) is 8.38. The lowest BCUT2D eigenvalue weighted by Gasteiger charge is -2.10. The summed E-state index contributed by atoms with van der Waals surface area (Å²) in [4.78, 5) is 11.3. The zero-order valence-corrected chi connectivity index (χ0v) is 10.1. The SMILES string of the molecule is CCCCC(N)C(=O)NCCS(C)(=O)=O. The number of rotatable bonds is 7. The Hall–Kier alpha value is -0.620. The van der Waals surface area contributed by atoms with Gasteiger partial charge in [-0.1, -0.05) is 19.8 Å². The van der Waals surface area contributed by atoms with Gasteiger partial charge in [-0.2, -0.15) is 0 Å².